The summed E-state index contributed by atoms with van der Waals surface area (Å²) in [5.74, 6) is -0.871. The first-order valence-electron chi connectivity index (χ1n) is 27.1. The SMILES string of the molecule is CC/C=C\C/C=C\C/C=C\C/C=C\CCCCCCCCCCC(=O)OCC(COC(=O)CCCCCCCCCCC)OC(=O)CCCCCCCCCCCCCCCCC. The van der Waals surface area contributed by atoms with Crippen molar-refractivity contribution in [2.75, 3.05) is 13.2 Å². The Labute approximate surface area is 390 Å². The average Bonchev–Trinajstić information content (AvgIpc) is 3.28. The Kier molecular flexibility index (Phi) is 49.8. The van der Waals surface area contributed by atoms with Crippen LogP contribution in [-0.4, -0.2) is 37.2 Å². The molecule has 0 aromatic rings. The molecule has 6 nitrogen and oxygen atoms in total. The molecule has 0 aromatic carbocycles. The molecular formula is C57H102O6. The van der Waals surface area contributed by atoms with E-state index in [2.05, 4.69) is 69.4 Å². The second-order valence-electron chi connectivity index (χ2n) is 18.1. The van der Waals surface area contributed by atoms with Crippen LogP contribution in [0, 0.1) is 0 Å². The second kappa shape index (κ2) is 52.0. The fourth-order valence-corrected chi connectivity index (χ4v) is 7.79. The summed E-state index contributed by atoms with van der Waals surface area (Å²) in [6.07, 6.45) is 62.4. The number of hydrogen-bond acceptors (Lipinski definition) is 6. The number of carbonyl (C=O) groups excluding carboxylic acids is 3. The van der Waals surface area contributed by atoms with Crippen molar-refractivity contribution in [3.63, 3.8) is 0 Å². The zero-order valence-electron chi connectivity index (χ0n) is 41.8. The number of esters is 3. The van der Waals surface area contributed by atoms with Gasteiger partial charge in [-0.15, -0.1) is 0 Å². The summed E-state index contributed by atoms with van der Waals surface area (Å²) in [6, 6.07) is 0. The fourth-order valence-electron chi connectivity index (χ4n) is 7.79. The number of allylic oxidation sites excluding steroid dienone is 8. The fraction of sp³-hybridized carbons (Fsp3) is 0.807. The highest BCUT2D eigenvalue weighted by Gasteiger charge is 2.19. The minimum absolute atomic E-state index is 0.0718. The van der Waals surface area contributed by atoms with E-state index in [0.717, 1.165) is 89.9 Å². The molecule has 0 aliphatic rings. The molecule has 6 heteroatoms. The number of hydrogen-bond donors (Lipinski definition) is 0. The van der Waals surface area contributed by atoms with Gasteiger partial charge in [0.25, 0.3) is 0 Å². The molecule has 366 valence electrons. The maximum Gasteiger partial charge on any atom is 0.306 e. The third-order valence-corrected chi connectivity index (χ3v) is 11.8. The van der Waals surface area contributed by atoms with Gasteiger partial charge in [0.1, 0.15) is 13.2 Å². The highest BCUT2D eigenvalue weighted by atomic mass is 16.6. The van der Waals surface area contributed by atoms with Gasteiger partial charge in [-0.2, -0.15) is 0 Å². The first-order chi connectivity index (χ1) is 31.0. The highest BCUT2D eigenvalue weighted by molar-refractivity contribution is 5.71. The second-order valence-corrected chi connectivity index (χ2v) is 18.1. The van der Waals surface area contributed by atoms with Gasteiger partial charge in [0.05, 0.1) is 0 Å². The largest absolute Gasteiger partial charge is 0.462 e. The lowest BCUT2D eigenvalue weighted by Crippen LogP contribution is -2.30. The molecule has 0 aliphatic carbocycles. The minimum atomic E-state index is -0.771. The lowest BCUT2D eigenvalue weighted by Gasteiger charge is -2.18. The normalized spacial score (nSPS) is 12.4. The van der Waals surface area contributed by atoms with Crippen LogP contribution in [0.2, 0.25) is 0 Å². The summed E-state index contributed by atoms with van der Waals surface area (Å²) in [4.78, 5) is 38.0. The van der Waals surface area contributed by atoms with E-state index in [0.29, 0.717) is 19.3 Å². The van der Waals surface area contributed by atoms with E-state index < -0.39 is 6.10 Å². The predicted molar refractivity (Wildman–Crippen MR) is 270 cm³/mol. The lowest BCUT2D eigenvalue weighted by atomic mass is 10.0. The number of carbonyl (C=O) groups is 3. The van der Waals surface area contributed by atoms with E-state index in [1.54, 1.807) is 0 Å². The predicted octanol–water partition coefficient (Wildman–Crippen LogP) is 17.9. The van der Waals surface area contributed by atoms with Crippen molar-refractivity contribution in [3.8, 4) is 0 Å². The molecule has 0 bridgehead atoms. The van der Waals surface area contributed by atoms with E-state index in [-0.39, 0.29) is 31.1 Å². The zero-order valence-corrected chi connectivity index (χ0v) is 41.8. The van der Waals surface area contributed by atoms with Crippen LogP contribution in [0.1, 0.15) is 278 Å². The quantitative estimate of drug-likeness (QED) is 0.0262. The van der Waals surface area contributed by atoms with Gasteiger partial charge in [-0.05, 0) is 57.8 Å². The van der Waals surface area contributed by atoms with Crippen molar-refractivity contribution < 1.29 is 28.6 Å². The van der Waals surface area contributed by atoms with Crippen LogP contribution in [0.15, 0.2) is 48.6 Å². The molecule has 0 N–H and O–H groups in total. The van der Waals surface area contributed by atoms with Crippen molar-refractivity contribution in [1.82, 2.24) is 0 Å². The molecule has 63 heavy (non-hydrogen) atoms. The van der Waals surface area contributed by atoms with Gasteiger partial charge in [-0.1, -0.05) is 249 Å². The molecule has 0 radical (unpaired) electrons. The number of rotatable bonds is 49. The molecule has 0 saturated carbocycles. The van der Waals surface area contributed by atoms with Crippen LogP contribution >= 0.6 is 0 Å². The molecule has 0 heterocycles. The third-order valence-electron chi connectivity index (χ3n) is 11.8. The summed E-state index contributed by atoms with van der Waals surface area (Å²) in [6.45, 7) is 6.53. The van der Waals surface area contributed by atoms with E-state index in [1.165, 1.54) is 148 Å². The summed E-state index contributed by atoms with van der Waals surface area (Å²) < 4.78 is 16.8. The van der Waals surface area contributed by atoms with Crippen molar-refractivity contribution >= 4 is 17.9 Å². The molecule has 0 saturated heterocycles. The van der Waals surface area contributed by atoms with Gasteiger partial charge in [0, 0.05) is 19.3 Å². The van der Waals surface area contributed by atoms with Crippen molar-refractivity contribution in [2.24, 2.45) is 0 Å². The van der Waals surface area contributed by atoms with Gasteiger partial charge in [0.2, 0.25) is 0 Å². The van der Waals surface area contributed by atoms with Crippen LogP contribution in [-0.2, 0) is 28.6 Å². The molecule has 0 aromatic heterocycles. The Hall–Kier alpha value is -2.63. The zero-order chi connectivity index (χ0) is 45.8. The summed E-state index contributed by atoms with van der Waals surface area (Å²) >= 11 is 0. The molecule has 0 aliphatic heterocycles. The third kappa shape index (κ3) is 50.2. The van der Waals surface area contributed by atoms with Crippen LogP contribution < -0.4 is 0 Å². The summed E-state index contributed by atoms with van der Waals surface area (Å²) in [5, 5.41) is 0. The Morgan fingerprint density at radius 3 is 0.968 bits per heavy atom. The Morgan fingerprint density at radius 1 is 0.333 bits per heavy atom. The lowest BCUT2D eigenvalue weighted by molar-refractivity contribution is -0.167. The van der Waals surface area contributed by atoms with Crippen LogP contribution in [0.25, 0.3) is 0 Å². The molecule has 0 amide bonds. The average molecular weight is 883 g/mol. The van der Waals surface area contributed by atoms with Crippen LogP contribution in [0.4, 0.5) is 0 Å². The van der Waals surface area contributed by atoms with E-state index in [9.17, 15) is 14.4 Å². The maximum absolute atomic E-state index is 12.8. The van der Waals surface area contributed by atoms with Crippen molar-refractivity contribution in [3.05, 3.63) is 48.6 Å². The first kappa shape index (κ1) is 60.4. The van der Waals surface area contributed by atoms with E-state index >= 15 is 0 Å². The standard InChI is InChI=1S/C57H102O6/c1-4-7-10-13-16-19-21-23-25-26-27-28-29-30-32-33-35-38-41-44-47-50-56(59)62-53-54(52-61-55(58)49-46-43-40-37-18-15-12-9-6-3)63-57(60)51-48-45-42-39-36-34-31-24-22-20-17-14-11-8-5-2/h7,10,16,19,23,25,27-28,54H,4-6,8-9,11-15,17-18,20-22,24,26,29-53H2,1-3H3/b10-7-,19-16-,25-23-,28-27-. The highest BCUT2D eigenvalue weighted by Crippen LogP contribution is 2.16. The Balaban J connectivity index is 4.27. The van der Waals surface area contributed by atoms with Crippen molar-refractivity contribution in [2.45, 2.75) is 284 Å². The van der Waals surface area contributed by atoms with Gasteiger partial charge in [-0.3, -0.25) is 14.4 Å². The smallest absolute Gasteiger partial charge is 0.306 e. The number of ether oxygens (including phenoxy) is 3. The number of unbranched alkanes of at least 4 members (excludes halogenated alkanes) is 30. The van der Waals surface area contributed by atoms with Crippen LogP contribution in [0.5, 0.6) is 0 Å². The molecular weight excluding hydrogens is 781 g/mol. The Morgan fingerprint density at radius 2 is 0.619 bits per heavy atom. The molecule has 0 rings (SSSR count). The summed E-state index contributed by atoms with van der Waals surface area (Å²) in [5.41, 5.74) is 0. The first-order valence-corrected chi connectivity index (χ1v) is 27.1. The van der Waals surface area contributed by atoms with Gasteiger partial charge in [-0.25, -0.2) is 0 Å². The van der Waals surface area contributed by atoms with Gasteiger partial charge >= 0.3 is 17.9 Å². The van der Waals surface area contributed by atoms with E-state index in [4.69, 9.17) is 14.2 Å². The molecule has 1 atom stereocenters. The molecule has 1 unspecified atom stereocenters. The van der Waals surface area contributed by atoms with Crippen molar-refractivity contribution in [1.29, 1.82) is 0 Å². The maximum atomic E-state index is 12.8. The van der Waals surface area contributed by atoms with Gasteiger partial charge < -0.3 is 14.2 Å². The van der Waals surface area contributed by atoms with Crippen LogP contribution in [0.3, 0.4) is 0 Å². The topological polar surface area (TPSA) is 78.9 Å². The minimum Gasteiger partial charge on any atom is -0.462 e. The summed E-state index contributed by atoms with van der Waals surface area (Å²) in [7, 11) is 0. The molecule has 0 fully saturated rings. The Bertz CT molecular complexity index is 1110. The van der Waals surface area contributed by atoms with E-state index in [1.807, 2.05) is 0 Å². The monoisotopic (exact) mass is 883 g/mol. The van der Waals surface area contributed by atoms with Gasteiger partial charge in [0.15, 0.2) is 6.10 Å². The molecule has 0 spiro atoms.